The highest BCUT2D eigenvalue weighted by atomic mass is 32.1. The second kappa shape index (κ2) is 7.48. The summed E-state index contributed by atoms with van der Waals surface area (Å²) in [6.07, 6.45) is -0.992. The van der Waals surface area contributed by atoms with Crippen molar-refractivity contribution in [3.05, 3.63) is 33.5 Å². The number of alkyl halides is 3. The zero-order valence-corrected chi connectivity index (χ0v) is 17.6. The Morgan fingerprint density at radius 3 is 2.69 bits per heavy atom. The van der Waals surface area contributed by atoms with Crippen LogP contribution >= 0.6 is 11.3 Å². The number of amides is 1. The van der Waals surface area contributed by atoms with Crippen LogP contribution in [0.4, 0.5) is 18.2 Å². The van der Waals surface area contributed by atoms with Gasteiger partial charge >= 0.3 is 6.18 Å². The molecule has 0 bridgehead atoms. The van der Waals surface area contributed by atoms with Gasteiger partial charge in [0.05, 0.1) is 5.56 Å². The Bertz CT molecular complexity index is 981. The van der Waals surface area contributed by atoms with E-state index in [-0.39, 0.29) is 11.1 Å². The Kier molecular flexibility index (Phi) is 5.52. The number of aromatic nitrogens is 2. The zero-order valence-electron chi connectivity index (χ0n) is 16.8. The number of halogens is 3. The second-order valence-electron chi connectivity index (χ2n) is 8.09. The molecule has 1 N–H and O–H groups in total. The molecule has 0 radical (unpaired) electrons. The summed E-state index contributed by atoms with van der Waals surface area (Å²) in [7, 11) is 1.28. The Morgan fingerprint density at radius 1 is 1.45 bits per heavy atom. The normalized spacial score (nSPS) is 17.0. The van der Waals surface area contributed by atoms with Gasteiger partial charge in [-0.1, -0.05) is 27.2 Å². The standard InChI is InChI=1S/C20H23F3N4OS/c1-5-19(2,3)11-6-7-12-13(10-24)18(29-15(12)8-11)25-17(28)14-9-16(20(21,22)23)26-27(14)4/h9,11H,5-8H2,1-4H3,(H,25,28)/t11-/m0/s1. The number of carbonyl (C=O) groups excluding carboxylic acids is 1. The number of anilines is 1. The first-order valence-corrected chi connectivity index (χ1v) is 10.3. The van der Waals surface area contributed by atoms with Crippen molar-refractivity contribution >= 4 is 22.2 Å². The van der Waals surface area contributed by atoms with Gasteiger partial charge in [0.15, 0.2) is 5.69 Å². The van der Waals surface area contributed by atoms with Crippen LogP contribution in [0.3, 0.4) is 0 Å². The first kappa shape index (κ1) is 21.4. The molecule has 1 atom stereocenters. The highest BCUT2D eigenvalue weighted by Gasteiger charge is 2.36. The fourth-order valence-electron chi connectivity index (χ4n) is 3.73. The van der Waals surface area contributed by atoms with Gasteiger partial charge in [-0.25, -0.2) is 0 Å². The lowest BCUT2D eigenvalue weighted by atomic mass is 9.69. The van der Waals surface area contributed by atoms with Crippen LogP contribution in [-0.4, -0.2) is 15.7 Å². The van der Waals surface area contributed by atoms with Gasteiger partial charge in [-0.05, 0) is 36.2 Å². The maximum Gasteiger partial charge on any atom is 0.435 e. The van der Waals surface area contributed by atoms with Crippen LogP contribution in [0.2, 0.25) is 0 Å². The number of carbonyl (C=O) groups is 1. The zero-order chi connectivity index (χ0) is 21.6. The molecule has 2 aromatic heterocycles. The van der Waals surface area contributed by atoms with Gasteiger partial charge in [0.1, 0.15) is 16.8 Å². The number of nitrogens with zero attached hydrogens (tertiary/aromatic N) is 3. The van der Waals surface area contributed by atoms with Crippen molar-refractivity contribution < 1.29 is 18.0 Å². The summed E-state index contributed by atoms with van der Waals surface area (Å²) in [4.78, 5) is 13.7. The molecular formula is C20H23F3N4OS. The summed E-state index contributed by atoms with van der Waals surface area (Å²) in [6.45, 7) is 6.65. The Balaban J connectivity index is 1.87. The first-order chi connectivity index (χ1) is 13.5. The summed E-state index contributed by atoms with van der Waals surface area (Å²) in [5.74, 6) is -0.226. The highest BCUT2D eigenvalue weighted by Crippen LogP contribution is 2.45. The predicted octanol–water partition coefficient (Wildman–Crippen LogP) is 5.17. The summed E-state index contributed by atoms with van der Waals surface area (Å²) < 4.78 is 39.5. The van der Waals surface area contributed by atoms with Crippen molar-refractivity contribution in [2.75, 3.05) is 5.32 Å². The largest absolute Gasteiger partial charge is 0.435 e. The lowest BCUT2D eigenvalue weighted by molar-refractivity contribution is -0.141. The summed E-state index contributed by atoms with van der Waals surface area (Å²) in [6, 6.07) is 2.88. The SMILES string of the molecule is CCC(C)(C)[C@H]1CCc2c(sc(NC(=O)c3cc(C(F)(F)F)nn3C)c2C#N)C1. The first-order valence-electron chi connectivity index (χ1n) is 9.45. The van der Waals surface area contributed by atoms with E-state index in [0.29, 0.717) is 22.5 Å². The maximum absolute atomic E-state index is 12.9. The van der Waals surface area contributed by atoms with E-state index in [9.17, 15) is 23.2 Å². The topological polar surface area (TPSA) is 70.7 Å². The lowest BCUT2D eigenvalue weighted by Crippen LogP contribution is -2.28. The monoisotopic (exact) mass is 424 g/mol. The van der Waals surface area contributed by atoms with E-state index in [4.69, 9.17) is 0 Å². The van der Waals surface area contributed by atoms with Crippen LogP contribution in [-0.2, 0) is 26.1 Å². The van der Waals surface area contributed by atoms with Gasteiger partial charge in [0.25, 0.3) is 5.91 Å². The van der Waals surface area contributed by atoms with Gasteiger partial charge in [0.2, 0.25) is 0 Å². The molecular weight excluding hydrogens is 401 g/mol. The van der Waals surface area contributed by atoms with E-state index in [2.05, 4.69) is 37.3 Å². The third-order valence-electron chi connectivity index (χ3n) is 6.02. The van der Waals surface area contributed by atoms with Crippen LogP contribution in [0.1, 0.15) is 65.8 Å². The minimum Gasteiger partial charge on any atom is -0.311 e. The van der Waals surface area contributed by atoms with Crippen LogP contribution < -0.4 is 5.32 Å². The molecule has 0 saturated carbocycles. The smallest absolute Gasteiger partial charge is 0.311 e. The van der Waals surface area contributed by atoms with Crippen molar-refractivity contribution in [1.82, 2.24) is 9.78 Å². The number of fused-ring (bicyclic) bond motifs is 1. The Labute approximate surface area is 171 Å². The number of nitriles is 1. The molecule has 156 valence electrons. The molecule has 2 heterocycles. The third kappa shape index (κ3) is 4.04. The summed E-state index contributed by atoms with van der Waals surface area (Å²) in [5.41, 5.74) is 0.222. The van der Waals surface area contributed by atoms with Gasteiger partial charge in [0, 0.05) is 18.0 Å². The van der Waals surface area contributed by atoms with Gasteiger partial charge in [-0.2, -0.15) is 23.5 Å². The van der Waals surface area contributed by atoms with Gasteiger partial charge < -0.3 is 5.32 Å². The second-order valence-corrected chi connectivity index (χ2v) is 9.20. The number of aryl methyl sites for hydroxylation is 1. The molecule has 0 fully saturated rings. The molecule has 29 heavy (non-hydrogen) atoms. The van der Waals surface area contributed by atoms with E-state index in [1.807, 2.05) is 0 Å². The molecule has 1 amide bonds. The number of rotatable bonds is 4. The molecule has 0 aliphatic heterocycles. The van der Waals surface area contributed by atoms with Crippen LogP contribution in [0.25, 0.3) is 0 Å². The number of hydrogen-bond acceptors (Lipinski definition) is 4. The maximum atomic E-state index is 12.9. The van der Waals surface area contributed by atoms with E-state index in [1.54, 1.807) is 0 Å². The minimum atomic E-state index is -4.63. The minimum absolute atomic E-state index is 0.181. The molecule has 0 spiro atoms. The predicted molar refractivity (Wildman–Crippen MR) is 105 cm³/mol. The molecule has 2 aromatic rings. The molecule has 0 aromatic carbocycles. The Hall–Kier alpha value is -2.34. The van der Waals surface area contributed by atoms with Gasteiger partial charge in [-0.15, -0.1) is 11.3 Å². The van der Waals surface area contributed by atoms with E-state index >= 15 is 0 Å². The van der Waals surface area contributed by atoms with Crippen molar-refractivity contribution in [3.63, 3.8) is 0 Å². The molecule has 9 heteroatoms. The number of thiophene rings is 1. The number of hydrogen-bond donors (Lipinski definition) is 1. The molecule has 0 unspecified atom stereocenters. The average molecular weight is 424 g/mol. The van der Waals surface area contributed by atoms with Crippen molar-refractivity contribution in [3.8, 4) is 6.07 Å². The molecule has 1 aliphatic rings. The fraction of sp³-hybridized carbons (Fsp3) is 0.550. The molecule has 3 rings (SSSR count). The molecule has 0 saturated heterocycles. The average Bonchev–Trinajstić information content (AvgIpc) is 3.20. The highest BCUT2D eigenvalue weighted by molar-refractivity contribution is 7.16. The van der Waals surface area contributed by atoms with Crippen LogP contribution in [0.5, 0.6) is 0 Å². The fourth-order valence-corrected chi connectivity index (χ4v) is 5.01. The third-order valence-corrected chi connectivity index (χ3v) is 7.19. The van der Waals surface area contributed by atoms with Crippen LogP contribution in [0, 0.1) is 22.7 Å². The quantitative estimate of drug-likeness (QED) is 0.736. The van der Waals surface area contributed by atoms with Crippen molar-refractivity contribution in [1.29, 1.82) is 5.26 Å². The van der Waals surface area contributed by atoms with E-state index < -0.39 is 17.8 Å². The van der Waals surface area contributed by atoms with E-state index in [0.717, 1.165) is 40.8 Å². The van der Waals surface area contributed by atoms with Crippen molar-refractivity contribution in [2.24, 2.45) is 18.4 Å². The molecule has 1 aliphatic carbocycles. The van der Waals surface area contributed by atoms with Gasteiger partial charge in [-0.3, -0.25) is 9.48 Å². The van der Waals surface area contributed by atoms with E-state index in [1.165, 1.54) is 18.4 Å². The van der Waals surface area contributed by atoms with Crippen LogP contribution in [0.15, 0.2) is 6.07 Å². The summed E-state index contributed by atoms with van der Waals surface area (Å²) >= 11 is 1.35. The molecule has 5 nitrogen and oxygen atoms in total. The Morgan fingerprint density at radius 2 is 2.14 bits per heavy atom. The lowest BCUT2D eigenvalue weighted by Gasteiger charge is -2.36. The number of nitrogens with one attached hydrogen (secondary N) is 1. The summed E-state index contributed by atoms with van der Waals surface area (Å²) in [5, 5.41) is 16.0. The van der Waals surface area contributed by atoms with Crippen molar-refractivity contribution in [2.45, 2.75) is 52.6 Å².